The van der Waals surface area contributed by atoms with Gasteiger partial charge in [-0.1, -0.05) is 43.5 Å². The minimum atomic E-state index is 0.421. The summed E-state index contributed by atoms with van der Waals surface area (Å²) < 4.78 is 1.31. The van der Waals surface area contributed by atoms with Crippen molar-refractivity contribution in [1.82, 2.24) is 5.32 Å². The summed E-state index contributed by atoms with van der Waals surface area (Å²) in [6, 6.07) is 9.44. The van der Waals surface area contributed by atoms with Crippen LogP contribution in [-0.2, 0) is 0 Å². The zero-order chi connectivity index (χ0) is 14.2. The van der Waals surface area contributed by atoms with Crippen molar-refractivity contribution in [2.24, 2.45) is 0 Å². The zero-order valence-corrected chi connectivity index (χ0v) is 14.7. The molecule has 1 aliphatic carbocycles. The van der Waals surface area contributed by atoms with Crippen LogP contribution in [0.4, 0.5) is 0 Å². The molecule has 2 rings (SSSR count). The molecule has 1 N–H and O–H groups in total. The lowest BCUT2D eigenvalue weighted by Crippen LogP contribution is -2.24. The molecule has 0 saturated carbocycles. The molecule has 0 radical (unpaired) electrons. The van der Waals surface area contributed by atoms with Crippen LogP contribution in [0.2, 0.25) is 0 Å². The van der Waals surface area contributed by atoms with Gasteiger partial charge in [0.25, 0.3) is 0 Å². The molecule has 1 aromatic rings. The second kappa shape index (κ2) is 8.83. The molecular weight excluding hydrogens is 357 g/mol. The minimum Gasteiger partial charge on any atom is -0.307 e. The van der Waals surface area contributed by atoms with Gasteiger partial charge in [0.15, 0.2) is 0 Å². The smallest absolute Gasteiger partial charge is 0.0536 e. The van der Waals surface area contributed by atoms with Crippen molar-refractivity contribution in [3.8, 4) is 0 Å². The van der Waals surface area contributed by atoms with Crippen molar-refractivity contribution in [3.63, 3.8) is 0 Å². The molecule has 0 heterocycles. The number of hydrogen-bond donors (Lipinski definition) is 1. The van der Waals surface area contributed by atoms with E-state index in [1.54, 1.807) is 5.57 Å². The molecule has 0 bridgehead atoms. The maximum absolute atomic E-state index is 3.75. The van der Waals surface area contributed by atoms with Crippen LogP contribution >= 0.6 is 22.6 Å². The van der Waals surface area contributed by atoms with Crippen molar-refractivity contribution in [3.05, 3.63) is 45.0 Å². The molecule has 1 nitrogen and oxygen atoms in total. The van der Waals surface area contributed by atoms with Gasteiger partial charge < -0.3 is 5.32 Å². The van der Waals surface area contributed by atoms with Crippen molar-refractivity contribution in [2.45, 2.75) is 57.9 Å². The highest BCUT2D eigenvalue weighted by Gasteiger charge is 2.16. The van der Waals surface area contributed by atoms with Gasteiger partial charge in [-0.2, -0.15) is 0 Å². The standard InChI is InChI=1S/C18H26IN/c1-2-14-20-18(16-10-12-17(19)13-11-16)15-8-6-4-3-5-7-9-15/h8,10-13,18,20H,2-7,9,14H2,1H3/b15-8+. The van der Waals surface area contributed by atoms with Crippen molar-refractivity contribution in [1.29, 1.82) is 0 Å². The molecule has 2 heteroatoms. The predicted molar refractivity (Wildman–Crippen MR) is 96.0 cm³/mol. The van der Waals surface area contributed by atoms with Crippen molar-refractivity contribution >= 4 is 22.6 Å². The van der Waals surface area contributed by atoms with Crippen LogP contribution in [-0.4, -0.2) is 6.54 Å². The third-order valence-corrected chi connectivity index (χ3v) is 4.72. The van der Waals surface area contributed by atoms with E-state index in [9.17, 15) is 0 Å². The summed E-state index contributed by atoms with van der Waals surface area (Å²) in [5.74, 6) is 0. The lowest BCUT2D eigenvalue weighted by Gasteiger charge is -2.24. The van der Waals surface area contributed by atoms with Gasteiger partial charge in [-0.15, -0.1) is 0 Å². The molecule has 20 heavy (non-hydrogen) atoms. The monoisotopic (exact) mass is 383 g/mol. The molecular formula is C18H26IN. The topological polar surface area (TPSA) is 12.0 Å². The van der Waals surface area contributed by atoms with E-state index in [1.807, 2.05) is 0 Å². The maximum atomic E-state index is 3.75. The fourth-order valence-corrected chi connectivity index (χ4v) is 3.25. The van der Waals surface area contributed by atoms with Crippen LogP contribution in [0.25, 0.3) is 0 Å². The summed E-state index contributed by atoms with van der Waals surface area (Å²) in [5, 5.41) is 3.75. The van der Waals surface area contributed by atoms with Crippen LogP contribution in [0, 0.1) is 3.57 Å². The van der Waals surface area contributed by atoms with Crippen LogP contribution in [0.15, 0.2) is 35.9 Å². The molecule has 0 amide bonds. The summed E-state index contributed by atoms with van der Waals surface area (Å²) in [7, 11) is 0. The second-order valence-corrected chi connectivity index (χ2v) is 6.92. The van der Waals surface area contributed by atoms with Crippen molar-refractivity contribution < 1.29 is 0 Å². The molecule has 1 unspecified atom stereocenters. The Balaban J connectivity index is 2.18. The van der Waals surface area contributed by atoms with Crippen LogP contribution in [0.5, 0.6) is 0 Å². The first-order chi connectivity index (χ1) is 9.81. The van der Waals surface area contributed by atoms with E-state index in [0.717, 1.165) is 6.54 Å². The van der Waals surface area contributed by atoms with E-state index in [1.165, 1.54) is 54.1 Å². The molecule has 0 fully saturated rings. The van der Waals surface area contributed by atoms with Crippen LogP contribution < -0.4 is 5.32 Å². The van der Waals surface area contributed by atoms with Gasteiger partial charge in [0.05, 0.1) is 6.04 Å². The molecule has 0 aliphatic heterocycles. The minimum absolute atomic E-state index is 0.421. The summed E-state index contributed by atoms with van der Waals surface area (Å²) in [4.78, 5) is 0. The van der Waals surface area contributed by atoms with Crippen LogP contribution in [0.3, 0.4) is 0 Å². The van der Waals surface area contributed by atoms with Gasteiger partial charge in [-0.05, 0) is 78.9 Å². The van der Waals surface area contributed by atoms with Gasteiger partial charge in [-0.25, -0.2) is 0 Å². The fourth-order valence-electron chi connectivity index (χ4n) is 2.89. The highest BCUT2D eigenvalue weighted by Crippen LogP contribution is 2.29. The highest BCUT2D eigenvalue weighted by atomic mass is 127. The number of halogens is 1. The Bertz CT molecular complexity index is 422. The Kier molecular flexibility index (Phi) is 7.08. The molecule has 110 valence electrons. The average Bonchev–Trinajstić information content (AvgIpc) is 2.42. The molecule has 0 aromatic heterocycles. The molecule has 0 saturated heterocycles. The lowest BCUT2D eigenvalue weighted by molar-refractivity contribution is 0.540. The van der Waals surface area contributed by atoms with Gasteiger partial charge in [0, 0.05) is 3.57 Å². The highest BCUT2D eigenvalue weighted by molar-refractivity contribution is 14.1. The first-order valence-corrected chi connectivity index (χ1v) is 9.07. The largest absolute Gasteiger partial charge is 0.307 e. The number of hydrogen-bond acceptors (Lipinski definition) is 1. The fraction of sp³-hybridized carbons (Fsp3) is 0.556. The number of nitrogens with one attached hydrogen (secondary N) is 1. The average molecular weight is 383 g/mol. The zero-order valence-electron chi connectivity index (χ0n) is 12.5. The summed E-state index contributed by atoms with van der Waals surface area (Å²) >= 11 is 2.38. The first kappa shape index (κ1) is 16.0. The Labute approximate surface area is 137 Å². The predicted octanol–water partition coefficient (Wildman–Crippen LogP) is 5.61. The Morgan fingerprint density at radius 1 is 1.10 bits per heavy atom. The lowest BCUT2D eigenvalue weighted by atomic mass is 9.91. The number of benzene rings is 1. The maximum Gasteiger partial charge on any atom is 0.0536 e. The summed E-state index contributed by atoms with van der Waals surface area (Å²) in [6.45, 7) is 3.33. The third-order valence-electron chi connectivity index (χ3n) is 4.00. The van der Waals surface area contributed by atoms with E-state index >= 15 is 0 Å². The first-order valence-electron chi connectivity index (χ1n) is 7.99. The van der Waals surface area contributed by atoms with Gasteiger partial charge in [0.2, 0.25) is 0 Å². The van der Waals surface area contributed by atoms with E-state index in [2.05, 4.69) is 65.2 Å². The summed E-state index contributed by atoms with van der Waals surface area (Å²) in [6.07, 6.45) is 11.7. The normalized spacial score (nSPS) is 20.6. The molecule has 1 atom stereocenters. The van der Waals surface area contributed by atoms with E-state index in [4.69, 9.17) is 0 Å². The molecule has 0 spiro atoms. The molecule has 1 aliphatic rings. The number of rotatable bonds is 5. The van der Waals surface area contributed by atoms with Crippen LogP contribution in [0.1, 0.15) is 63.5 Å². The van der Waals surface area contributed by atoms with E-state index in [-0.39, 0.29) is 0 Å². The summed E-state index contributed by atoms with van der Waals surface area (Å²) in [5.41, 5.74) is 3.03. The Hall–Kier alpha value is -0.350. The second-order valence-electron chi connectivity index (χ2n) is 5.67. The SMILES string of the molecule is CCCNC(/C1=C/CCCCCC1)c1ccc(I)cc1. The van der Waals surface area contributed by atoms with E-state index in [0.29, 0.717) is 6.04 Å². The van der Waals surface area contributed by atoms with Crippen molar-refractivity contribution in [2.75, 3.05) is 6.54 Å². The van der Waals surface area contributed by atoms with E-state index < -0.39 is 0 Å². The van der Waals surface area contributed by atoms with Gasteiger partial charge in [0.1, 0.15) is 0 Å². The van der Waals surface area contributed by atoms with Gasteiger partial charge in [-0.3, -0.25) is 0 Å². The third kappa shape index (κ3) is 4.88. The number of allylic oxidation sites excluding steroid dienone is 1. The van der Waals surface area contributed by atoms with Gasteiger partial charge >= 0.3 is 0 Å². The Morgan fingerprint density at radius 2 is 1.85 bits per heavy atom. The quantitative estimate of drug-likeness (QED) is 0.515. The molecule has 1 aromatic carbocycles. The Morgan fingerprint density at radius 3 is 2.60 bits per heavy atom.